The van der Waals surface area contributed by atoms with E-state index in [0.29, 0.717) is 10.2 Å². The van der Waals surface area contributed by atoms with E-state index in [4.69, 9.17) is 11.6 Å². The quantitative estimate of drug-likeness (QED) is 0.358. The van der Waals surface area contributed by atoms with Crippen molar-refractivity contribution in [2.45, 2.75) is 24.3 Å². The fourth-order valence-electron chi connectivity index (χ4n) is 3.28. The minimum absolute atomic E-state index is 0.0796. The van der Waals surface area contributed by atoms with Crippen LogP contribution in [0.5, 0.6) is 0 Å². The van der Waals surface area contributed by atoms with Gasteiger partial charge in [-0.3, -0.25) is 4.79 Å². The number of rotatable bonds is 5. The van der Waals surface area contributed by atoms with Crippen LogP contribution in [0.25, 0.3) is 22.3 Å². The lowest BCUT2D eigenvalue weighted by molar-refractivity contribution is 0.0995. The van der Waals surface area contributed by atoms with Crippen LogP contribution in [0, 0.1) is 6.92 Å². The predicted octanol–water partition coefficient (Wildman–Crippen LogP) is 5.29. The van der Waals surface area contributed by atoms with Crippen LogP contribution in [0.4, 0.5) is 0 Å². The minimum Gasteiger partial charge on any atom is -0.358 e. The molecule has 2 heterocycles. The van der Waals surface area contributed by atoms with Crippen LogP contribution in [-0.2, 0) is 7.05 Å². The summed E-state index contributed by atoms with van der Waals surface area (Å²) in [6.45, 7) is 3.84. The number of nitrogens with one attached hydrogen (secondary N) is 1. The van der Waals surface area contributed by atoms with Crippen LogP contribution < -0.4 is 0 Å². The summed E-state index contributed by atoms with van der Waals surface area (Å²) in [5.74, 6) is 0.818. The minimum atomic E-state index is -0.293. The first kappa shape index (κ1) is 18.8. The molecule has 0 saturated carbocycles. The highest BCUT2D eigenvalue weighted by molar-refractivity contribution is 8.00. The number of aryl methyl sites for hydroxylation is 1. The number of carbonyl (C=O) groups is 1. The lowest BCUT2D eigenvalue weighted by Gasteiger charge is -2.10. The molecule has 4 aromatic rings. The van der Waals surface area contributed by atoms with Gasteiger partial charge < -0.3 is 9.55 Å². The van der Waals surface area contributed by atoms with Crippen LogP contribution in [0.15, 0.2) is 53.7 Å². The summed E-state index contributed by atoms with van der Waals surface area (Å²) in [5, 5.41) is 10.6. The zero-order valence-electron chi connectivity index (χ0n) is 15.7. The number of carbonyl (C=O) groups excluding carboxylic acids is 1. The highest BCUT2D eigenvalue weighted by atomic mass is 35.5. The van der Waals surface area contributed by atoms with Crippen molar-refractivity contribution in [3.05, 3.63) is 64.8 Å². The molecule has 4 rings (SSSR count). The molecule has 0 fully saturated rings. The topological polar surface area (TPSA) is 63.6 Å². The standard InChI is InChI=1S/C21H19ClN4OS/c1-12-18(16-6-4-5-7-17(16)23-12)19(27)13(2)28-21-25-24-20(26(21)3)14-8-10-15(22)11-9-14/h4-11,13,23H,1-3H3/t13-/m0/s1. The smallest absolute Gasteiger partial charge is 0.191 e. The van der Waals surface area contributed by atoms with E-state index in [2.05, 4.69) is 15.2 Å². The normalized spacial score (nSPS) is 12.4. The van der Waals surface area contributed by atoms with Crippen LogP contribution in [0.1, 0.15) is 23.0 Å². The Hall–Kier alpha value is -2.57. The number of aromatic nitrogens is 4. The number of para-hydroxylation sites is 1. The Morgan fingerprint density at radius 3 is 2.61 bits per heavy atom. The van der Waals surface area contributed by atoms with E-state index in [1.165, 1.54) is 11.8 Å². The zero-order chi connectivity index (χ0) is 19.8. The molecule has 0 spiro atoms. The van der Waals surface area contributed by atoms with E-state index < -0.39 is 0 Å². The highest BCUT2D eigenvalue weighted by Crippen LogP contribution is 2.30. The highest BCUT2D eigenvalue weighted by Gasteiger charge is 2.24. The van der Waals surface area contributed by atoms with Gasteiger partial charge in [-0.05, 0) is 44.2 Å². The Morgan fingerprint density at radius 2 is 1.86 bits per heavy atom. The van der Waals surface area contributed by atoms with Crippen molar-refractivity contribution in [3.63, 3.8) is 0 Å². The Morgan fingerprint density at radius 1 is 1.14 bits per heavy atom. The molecule has 28 heavy (non-hydrogen) atoms. The van der Waals surface area contributed by atoms with Crippen LogP contribution in [-0.4, -0.2) is 30.8 Å². The molecule has 5 nitrogen and oxygen atoms in total. The fourth-order valence-corrected chi connectivity index (χ4v) is 4.28. The predicted molar refractivity (Wildman–Crippen MR) is 114 cm³/mol. The molecule has 0 bridgehead atoms. The summed E-state index contributed by atoms with van der Waals surface area (Å²) in [6.07, 6.45) is 0. The van der Waals surface area contributed by atoms with E-state index >= 15 is 0 Å². The number of thioether (sulfide) groups is 1. The molecule has 0 saturated heterocycles. The molecule has 0 unspecified atom stereocenters. The van der Waals surface area contributed by atoms with Crippen LogP contribution in [0.2, 0.25) is 5.02 Å². The second-order valence-corrected chi connectivity index (χ2v) is 8.41. The number of hydrogen-bond acceptors (Lipinski definition) is 4. The number of ketones is 1. The SMILES string of the molecule is Cc1[nH]c2ccccc2c1C(=O)[C@H](C)Sc1nnc(-c2ccc(Cl)cc2)n1C. The van der Waals surface area contributed by atoms with Crippen molar-refractivity contribution < 1.29 is 4.79 Å². The summed E-state index contributed by atoms with van der Waals surface area (Å²) in [6, 6.07) is 15.3. The van der Waals surface area contributed by atoms with E-state index in [0.717, 1.165) is 33.5 Å². The van der Waals surface area contributed by atoms with Gasteiger partial charge in [-0.15, -0.1) is 10.2 Å². The van der Waals surface area contributed by atoms with Crippen LogP contribution >= 0.6 is 23.4 Å². The van der Waals surface area contributed by atoms with Gasteiger partial charge in [0.2, 0.25) is 0 Å². The monoisotopic (exact) mass is 410 g/mol. The number of nitrogens with zero attached hydrogens (tertiary/aromatic N) is 3. The van der Waals surface area contributed by atoms with Gasteiger partial charge in [-0.2, -0.15) is 0 Å². The van der Waals surface area contributed by atoms with Crippen molar-refractivity contribution in [1.29, 1.82) is 0 Å². The Bertz CT molecular complexity index is 1160. The molecular weight excluding hydrogens is 392 g/mol. The van der Waals surface area contributed by atoms with Crippen molar-refractivity contribution in [1.82, 2.24) is 19.7 Å². The number of Topliss-reactive ketones (excluding diaryl/α,β-unsaturated/α-hetero) is 1. The summed E-state index contributed by atoms with van der Waals surface area (Å²) in [4.78, 5) is 16.5. The van der Waals surface area contributed by atoms with E-state index in [9.17, 15) is 4.79 Å². The molecule has 0 radical (unpaired) electrons. The largest absolute Gasteiger partial charge is 0.358 e. The third-order valence-electron chi connectivity index (χ3n) is 4.73. The van der Waals surface area contributed by atoms with Gasteiger partial charge in [0.1, 0.15) is 0 Å². The third-order valence-corrected chi connectivity index (χ3v) is 6.11. The first-order valence-electron chi connectivity index (χ1n) is 8.89. The molecule has 2 aromatic heterocycles. The average Bonchev–Trinajstić information content (AvgIpc) is 3.21. The van der Waals surface area contributed by atoms with Gasteiger partial charge in [0.25, 0.3) is 0 Å². The maximum absolute atomic E-state index is 13.2. The summed E-state index contributed by atoms with van der Waals surface area (Å²) in [5.41, 5.74) is 3.54. The molecule has 7 heteroatoms. The number of hydrogen-bond donors (Lipinski definition) is 1. The first-order chi connectivity index (χ1) is 13.5. The number of fused-ring (bicyclic) bond motifs is 1. The van der Waals surface area contributed by atoms with Gasteiger partial charge in [0.15, 0.2) is 16.8 Å². The molecular formula is C21H19ClN4OS. The van der Waals surface area contributed by atoms with Crippen LogP contribution in [0.3, 0.4) is 0 Å². The van der Waals surface area contributed by atoms with E-state index in [1.807, 2.05) is 74.0 Å². The van der Waals surface area contributed by atoms with Gasteiger partial charge in [0.05, 0.1) is 5.25 Å². The van der Waals surface area contributed by atoms with Gasteiger partial charge in [-0.1, -0.05) is 41.6 Å². The molecule has 0 aliphatic rings. The lowest BCUT2D eigenvalue weighted by atomic mass is 10.1. The number of halogens is 1. The maximum Gasteiger partial charge on any atom is 0.191 e. The summed E-state index contributed by atoms with van der Waals surface area (Å²) >= 11 is 7.38. The summed E-state index contributed by atoms with van der Waals surface area (Å²) < 4.78 is 1.90. The molecule has 142 valence electrons. The van der Waals surface area contributed by atoms with E-state index in [-0.39, 0.29) is 11.0 Å². The van der Waals surface area contributed by atoms with Crippen molar-refractivity contribution in [3.8, 4) is 11.4 Å². The second-order valence-electron chi connectivity index (χ2n) is 6.67. The molecule has 2 aromatic carbocycles. The summed E-state index contributed by atoms with van der Waals surface area (Å²) in [7, 11) is 1.90. The molecule has 0 aliphatic heterocycles. The van der Waals surface area contributed by atoms with Crippen molar-refractivity contribution in [2.75, 3.05) is 0 Å². The lowest BCUT2D eigenvalue weighted by Crippen LogP contribution is -2.15. The Kier molecular flexibility index (Phi) is 5.00. The number of H-pyrrole nitrogens is 1. The maximum atomic E-state index is 13.2. The van der Waals surface area contributed by atoms with Gasteiger partial charge in [-0.25, -0.2) is 0 Å². The van der Waals surface area contributed by atoms with Gasteiger partial charge in [0, 0.05) is 39.8 Å². The number of benzene rings is 2. The fraction of sp³-hybridized carbons (Fsp3) is 0.190. The first-order valence-corrected chi connectivity index (χ1v) is 10.1. The molecule has 0 amide bonds. The molecule has 1 N–H and O–H groups in total. The van der Waals surface area contributed by atoms with Gasteiger partial charge >= 0.3 is 0 Å². The Labute approximate surface area is 172 Å². The molecule has 0 aliphatic carbocycles. The van der Waals surface area contributed by atoms with E-state index in [1.54, 1.807) is 0 Å². The second kappa shape index (κ2) is 7.45. The third kappa shape index (κ3) is 3.34. The Balaban J connectivity index is 1.60. The van der Waals surface area contributed by atoms with Crippen molar-refractivity contribution in [2.24, 2.45) is 7.05 Å². The van der Waals surface area contributed by atoms with Crippen molar-refractivity contribution >= 4 is 40.0 Å². The zero-order valence-corrected chi connectivity index (χ0v) is 17.3. The average molecular weight is 411 g/mol. The molecule has 1 atom stereocenters. The number of aromatic amines is 1.